The Morgan fingerprint density at radius 3 is 1.12 bits per heavy atom. The Kier molecular flexibility index (Phi) is 10.9. The molecular weight excluding hydrogens is 1380 g/mol. The lowest BCUT2D eigenvalue weighted by Crippen LogP contribution is -2.61. The SMILES string of the molecule is [2H]c1c([2H])c([2H])c(-c2c([2H])c([2H])c3c(c2[2H])c2c([2H])c([2H])c([2H])c([2H])c2n3-c2ccc3c(c2)N2c4cc(C(C)(C)C)cc5c4B3c3ccc(-n4c6c([2H])c([2H])c([2H])c([2H])c6c6c([2H])c([2H])c([2H])c([2H])c64)cc3N5c3c(-c4ccccc4)cc(C(C)(C)C)cc3-c3cccc(c3)-c3ccc4oc5ccc(cc5c4c3)-c3cccc(c3)-c3cc(C(C)(C)C)cc(-c4ccccc4)c32)c([2H])c1[2H]. The number of aromatic nitrogens is 2. The fourth-order valence-electron chi connectivity index (χ4n) is 17.7. The van der Waals surface area contributed by atoms with E-state index in [-0.39, 0.29) is 55.0 Å². The van der Waals surface area contributed by atoms with Crippen molar-refractivity contribution in [3.8, 4) is 89.3 Å². The maximum absolute atomic E-state index is 10.5. The van der Waals surface area contributed by atoms with E-state index in [0.29, 0.717) is 50.5 Å². The molecule has 3 aliphatic heterocycles. The first-order chi connectivity index (χ1) is 63.7. The number of nitrogens with zero attached hydrogens (tertiary/aromatic N) is 4. The van der Waals surface area contributed by atoms with Gasteiger partial charge in [0.15, 0.2) is 0 Å². The minimum atomic E-state index is -0.871. The van der Waals surface area contributed by atoms with E-state index >= 15 is 0 Å². The number of furan rings is 1. The topological polar surface area (TPSA) is 29.5 Å². The highest BCUT2D eigenvalue weighted by atomic mass is 16.3. The second-order valence-corrected chi connectivity index (χ2v) is 33.3. The van der Waals surface area contributed by atoms with E-state index in [0.717, 1.165) is 105 Å². The molecule has 544 valence electrons. The molecular formula is C108H83BN4O. The van der Waals surface area contributed by atoms with Gasteiger partial charge >= 0.3 is 0 Å². The third kappa shape index (κ3) is 10.5. The van der Waals surface area contributed by atoms with Crippen LogP contribution in [0.5, 0.6) is 0 Å². The first-order valence-corrected chi connectivity index (χ1v) is 38.6. The van der Waals surface area contributed by atoms with Gasteiger partial charge in [0.05, 0.1) is 60.9 Å². The van der Waals surface area contributed by atoms with E-state index in [2.05, 4.69) is 206 Å². The molecule has 3 aliphatic rings. The fraction of sp³-hybridized carbons (Fsp3) is 0.111. The molecule has 0 fully saturated rings. The van der Waals surface area contributed by atoms with Gasteiger partial charge in [-0.3, -0.25) is 0 Å². The highest BCUT2D eigenvalue weighted by Crippen LogP contribution is 2.57. The Balaban J connectivity index is 0.972. The molecule has 0 unspecified atom stereocenters. The molecule has 6 heterocycles. The van der Waals surface area contributed by atoms with Crippen molar-refractivity contribution < 1.29 is 31.8 Å². The van der Waals surface area contributed by atoms with Crippen molar-refractivity contribution in [3.05, 3.63) is 356 Å². The van der Waals surface area contributed by atoms with Gasteiger partial charge < -0.3 is 23.4 Å². The molecule has 13 bridgehead atoms. The summed E-state index contributed by atoms with van der Waals surface area (Å²) in [6.45, 7) is 18.8. The number of fused-ring (bicyclic) bond motifs is 26. The second kappa shape index (κ2) is 25.0. The van der Waals surface area contributed by atoms with E-state index < -0.39 is 155 Å². The van der Waals surface area contributed by atoms with Crippen molar-refractivity contribution in [1.29, 1.82) is 0 Å². The van der Waals surface area contributed by atoms with Gasteiger partial charge in [0.2, 0.25) is 0 Å². The van der Waals surface area contributed by atoms with Crippen molar-refractivity contribution in [2.24, 2.45) is 0 Å². The number of hydrogen-bond acceptors (Lipinski definition) is 3. The van der Waals surface area contributed by atoms with Gasteiger partial charge in [-0.1, -0.05) is 274 Å². The zero-order valence-electron chi connectivity index (χ0n) is 84.1. The number of rotatable bonds is 5. The molecule has 0 radical (unpaired) electrons. The van der Waals surface area contributed by atoms with Crippen molar-refractivity contribution in [2.75, 3.05) is 9.80 Å². The summed E-state index contributed by atoms with van der Waals surface area (Å²) in [5.41, 5.74) is 17.5. The van der Waals surface area contributed by atoms with Gasteiger partial charge in [-0.15, -0.1) is 0 Å². The maximum Gasteiger partial charge on any atom is 0.252 e. The van der Waals surface area contributed by atoms with Crippen LogP contribution in [0.3, 0.4) is 0 Å². The predicted octanol–water partition coefficient (Wildman–Crippen LogP) is 27.7. The normalized spacial score (nSPS) is 15.5. The van der Waals surface area contributed by atoms with Crippen LogP contribution in [0.15, 0.2) is 344 Å². The van der Waals surface area contributed by atoms with E-state index in [1.165, 1.54) is 4.57 Å². The minimum absolute atomic E-state index is 0.0856. The molecule has 6 heteroatoms. The first kappa shape index (κ1) is 49.8. The molecule has 5 nitrogen and oxygen atoms in total. The highest BCUT2D eigenvalue weighted by Gasteiger charge is 2.47. The van der Waals surface area contributed by atoms with Gasteiger partial charge in [0.1, 0.15) is 11.2 Å². The monoisotopic (exact) mass is 1480 g/mol. The molecule has 0 N–H and O–H groups in total. The average Bonchev–Trinajstić information content (AvgIpc) is 1.05. The van der Waals surface area contributed by atoms with Crippen LogP contribution in [0.4, 0.5) is 34.1 Å². The lowest BCUT2D eigenvalue weighted by Gasteiger charge is -2.47. The lowest BCUT2D eigenvalue weighted by molar-refractivity contribution is 0.590. The molecule has 114 heavy (non-hydrogen) atoms. The Bertz CT molecular complexity index is 8210. The van der Waals surface area contributed by atoms with Crippen LogP contribution in [0.25, 0.3) is 155 Å². The van der Waals surface area contributed by atoms with E-state index in [1.807, 2.05) is 84.9 Å². The Morgan fingerprint density at radius 2 is 0.667 bits per heavy atom. The third-order valence-corrected chi connectivity index (χ3v) is 23.4. The standard InChI is InChI=1S/C108H83BN4O/c1-106(2,3)76-58-84(67-29-15-11-16-30-67)104-86(60-76)74-35-25-33-69(53-74)72-44-51-101-89(56-72)90-57-73(45-52-102(90)114-101)70-34-26-36-75(54-70)87-61-77(107(4,5)6)59-85(68-31-17-12-18-32-68)105(87)113-98-65-80(111-95-42-24-21-39-83(95)88-55-71(43-50-96(88)111)66-27-13-10-14-28-66)47-49-92(98)109-91-48-46-79(110-93-40-22-19-37-81(93)82-38-20-23-41-94(82)110)64-97(91)112(104)99-62-78(108(7,8)9)63-100(113)103(99)109/h10-65H,1-9H3/i10D,13D,14D,19D,20D,21D,22D,23D,24D,27D,28D,37D,38D,39D,40D,41D,42D,43D,50D,55D. The van der Waals surface area contributed by atoms with Crippen molar-refractivity contribution in [3.63, 3.8) is 0 Å². The van der Waals surface area contributed by atoms with Crippen LogP contribution in [0, 0.1) is 0 Å². The van der Waals surface area contributed by atoms with Crippen LogP contribution in [-0.2, 0) is 16.2 Å². The zero-order chi connectivity index (χ0) is 94.2. The van der Waals surface area contributed by atoms with Gasteiger partial charge in [0, 0.05) is 88.7 Å². The molecule has 0 saturated carbocycles. The number of para-hydroxylation sites is 3. The van der Waals surface area contributed by atoms with E-state index in [4.69, 9.17) is 8.53 Å². The van der Waals surface area contributed by atoms with Crippen LogP contribution in [0.2, 0.25) is 0 Å². The highest BCUT2D eigenvalue weighted by molar-refractivity contribution is 7.00. The molecule has 22 rings (SSSR count). The Hall–Kier alpha value is -13.4. The summed E-state index contributed by atoms with van der Waals surface area (Å²) in [7, 11) is 0. The molecule has 0 aliphatic carbocycles. The average molecular weight is 1480 g/mol. The lowest BCUT2D eigenvalue weighted by atomic mass is 9.33. The molecule has 3 aromatic heterocycles. The minimum Gasteiger partial charge on any atom is -0.456 e. The molecule has 0 spiro atoms. The molecule has 19 aromatic rings. The van der Waals surface area contributed by atoms with Gasteiger partial charge in [-0.05, 0) is 232 Å². The third-order valence-electron chi connectivity index (χ3n) is 23.4. The predicted molar refractivity (Wildman–Crippen MR) is 484 cm³/mol. The van der Waals surface area contributed by atoms with Gasteiger partial charge in [-0.25, -0.2) is 0 Å². The number of anilines is 6. The van der Waals surface area contributed by atoms with Crippen molar-refractivity contribution in [1.82, 2.24) is 9.13 Å². The summed E-state index contributed by atoms with van der Waals surface area (Å²) >= 11 is 0. The maximum atomic E-state index is 10.5. The van der Waals surface area contributed by atoms with Gasteiger partial charge in [-0.2, -0.15) is 0 Å². The smallest absolute Gasteiger partial charge is 0.252 e. The summed E-state index contributed by atoms with van der Waals surface area (Å²) in [5.74, 6) is 0. The number of benzene rings is 16. The summed E-state index contributed by atoms with van der Waals surface area (Å²) in [5, 5.41) is 1.13. The molecule has 0 atom stereocenters. The van der Waals surface area contributed by atoms with Crippen LogP contribution in [-0.4, -0.2) is 15.8 Å². The van der Waals surface area contributed by atoms with E-state index in [9.17, 15) is 23.3 Å². The Morgan fingerprint density at radius 1 is 0.281 bits per heavy atom. The zero-order valence-corrected chi connectivity index (χ0v) is 64.1. The van der Waals surface area contributed by atoms with E-state index in [1.54, 1.807) is 4.57 Å². The largest absolute Gasteiger partial charge is 0.456 e. The fourth-order valence-corrected chi connectivity index (χ4v) is 17.7. The summed E-state index contributed by atoms with van der Waals surface area (Å²) < 4.78 is 202. The first-order valence-electron chi connectivity index (χ1n) is 48.6. The van der Waals surface area contributed by atoms with Crippen molar-refractivity contribution >= 4 is 123 Å². The molecule has 0 saturated heterocycles. The second-order valence-electron chi connectivity index (χ2n) is 33.3. The Labute approximate surface area is 694 Å². The summed E-state index contributed by atoms with van der Waals surface area (Å²) in [4.78, 5) is 4.65. The van der Waals surface area contributed by atoms with Gasteiger partial charge in [0.25, 0.3) is 6.71 Å². The van der Waals surface area contributed by atoms with Crippen LogP contribution < -0.4 is 26.2 Å². The van der Waals surface area contributed by atoms with Crippen LogP contribution in [0.1, 0.15) is 106 Å². The molecule has 16 aromatic carbocycles. The quantitative estimate of drug-likeness (QED) is 0.161. The van der Waals surface area contributed by atoms with Crippen molar-refractivity contribution in [2.45, 2.75) is 78.6 Å². The summed E-state index contributed by atoms with van der Waals surface area (Å²) in [6.07, 6.45) is 0. The number of hydrogen-bond donors (Lipinski definition) is 0. The summed E-state index contributed by atoms with van der Waals surface area (Å²) in [6, 6.07) is 62.9. The molecule has 0 amide bonds. The van der Waals surface area contributed by atoms with Crippen LogP contribution >= 0.6 is 0 Å².